The fourth-order valence-corrected chi connectivity index (χ4v) is 2.46. The number of anilines is 1. The highest BCUT2D eigenvalue weighted by atomic mass is 35.5. The van der Waals surface area contributed by atoms with Gasteiger partial charge in [-0.15, -0.1) is 0 Å². The molecule has 0 saturated carbocycles. The normalized spacial score (nSPS) is 12.7. The molecule has 1 aliphatic rings. The van der Waals surface area contributed by atoms with Gasteiger partial charge in [0.25, 0.3) is 0 Å². The SMILES string of the molecule is O=C(OCc1ccccc1Cl)c1ccc2c(c1)CCN2. The highest BCUT2D eigenvalue weighted by molar-refractivity contribution is 6.31. The van der Waals surface area contributed by atoms with Crippen LogP contribution in [0.2, 0.25) is 5.02 Å². The first-order chi connectivity index (χ1) is 9.74. The monoisotopic (exact) mass is 287 g/mol. The van der Waals surface area contributed by atoms with E-state index in [9.17, 15) is 4.79 Å². The van der Waals surface area contributed by atoms with Crippen molar-refractivity contribution in [1.29, 1.82) is 0 Å². The third kappa shape index (κ3) is 2.63. The van der Waals surface area contributed by atoms with E-state index in [2.05, 4.69) is 5.32 Å². The number of hydrogen-bond acceptors (Lipinski definition) is 3. The summed E-state index contributed by atoms with van der Waals surface area (Å²) in [6.45, 7) is 1.11. The summed E-state index contributed by atoms with van der Waals surface area (Å²) in [6, 6.07) is 13.0. The molecule has 0 atom stereocenters. The lowest BCUT2D eigenvalue weighted by molar-refractivity contribution is 0.0473. The molecular weight excluding hydrogens is 274 g/mol. The molecule has 0 fully saturated rings. The molecule has 0 saturated heterocycles. The Labute approximate surface area is 122 Å². The van der Waals surface area contributed by atoms with Gasteiger partial charge < -0.3 is 10.1 Å². The minimum Gasteiger partial charge on any atom is -0.457 e. The van der Waals surface area contributed by atoms with Crippen molar-refractivity contribution in [3.63, 3.8) is 0 Å². The zero-order valence-corrected chi connectivity index (χ0v) is 11.6. The Kier molecular flexibility index (Phi) is 3.61. The molecule has 0 bridgehead atoms. The third-order valence-electron chi connectivity index (χ3n) is 3.37. The van der Waals surface area contributed by atoms with Crippen molar-refractivity contribution in [2.75, 3.05) is 11.9 Å². The van der Waals surface area contributed by atoms with E-state index in [4.69, 9.17) is 16.3 Å². The fraction of sp³-hybridized carbons (Fsp3) is 0.188. The summed E-state index contributed by atoms with van der Waals surface area (Å²) in [6.07, 6.45) is 0.945. The number of hydrogen-bond donors (Lipinski definition) is 1. The van der Waals surface area contributed by atoms with Gasteiger partial charge in [0.1, 0.15) is 6.61 Å². The van der Waals surface area contributed by atoms with E-state index in [1.165, 1.54) is 0 Å². The minimum absolute atomic E-state index is 0.188. The van der Waals surface area contributed by atoms with Gasteiger partial charge in [-0.1, -0.05) is 29.8 Å². The molecule has 20 heavy (non-hydrogen) atoms. The van der Waals surface area contributed by atoms with E-state index >= 15 is 0 Å². The highest BCUT2D eigenvalue weighted by Crippen LogP contribution is 2.23. The number of fused-ring (bicyclic) bond motifs is 1. The molecule has 3 rings (SSSR count). The number of carbonyl (C=O) groups is 1. The van der Waals surface area contributed by atoms with Crippen LogP contribution in [0.25, 0.3) is 0 Å². The first kappa shape index (κ1) is 13.0. The molecule has 1 N–H and O–H groups in total. The predicted molar refractivity (Wildman–Crippen MR) is 79.2 cm³/mol. The molecule has 2 aromatic carbocycles. The molecule has 2 aromatic rings. The molecule has 0 aromatic heterocycles. The lowest BCUT2D eigenvalue weighted by Crippen LogP contribution is -2.06. The molecule has 0 unspecified atom stereocenters. The largest absolute Gasteiger partial charge is 0.457 e. The summed E-state index contributed by atoms with van der Waals surface area (Å²) in [5, 5.41) is 3.87. The molecule has 1 heterocycles. The van der Waals surface area contributed by atoms with Crippen molar-refractivity contribution in [2.45, 2.75) is 13.0 Å². The standard InChI is InChI=1S/C16H14ClNO2/c17-14-4-2-1-3-13(14)10-20-16(19)12-5-6-15-11(9-12)7-8-18-15/h1-6,9,18H,7-8,10H2. The van der Waals surface area contributed by atoms with Crippen LogP contribution in [0.5, 0.6) is 0 Å². The maximum Gasteiger partial charge on any atom is 0.338 e. The van der Waals surface area contributed by atoms with Crippen LogP contribution < -0.4 is 5.32 Å². The number of halogens is 1. The molecule has 0 aliphatic carbocycles. The zero-order valence-electron chi connectivity index (χ0n) is 10.9. The highest BCUT2D eigenvalue weighted by Gasteiger charge is 2.14. The fourth-order valence-electron chi connectivity index (χ4n) is 2.27. The van der Waals surface area contributed by atoms with E-state index in [1.807, 2.05) is 30.3 Å². The molecule has 0 spiro atoms. The molecule has 1 aliphatic heterocycles. The average Bonchev–Trinajstić information content (AvgIpc) is 2.93. The van der Waals surface area contributed by atoms with Gasteiger partial charge in [-0.3, -0.25) is 0 Å². The van der Waals surface area contributed by atoms with Crippen molar-refractivity contribution in [1.82, 2.24) is 0 Å². The first-order valence-corrected chi connectivity index (χ1v) is 6.89. The summed E-state index contributed by atoms with van der Waals surface area (Å²) in [4.78, 5) is 12.0. The van der Waals surface area contributed by atoms with Crippen LogP contribution in [0.4, 0.5) is 5.69 Å². The number of nitrogens with one attached hydrogen (secondary N) is 1. The van der Waals surface area contributed by atoms with Crippen LogP contribution in [-0.2, 0) is 17.8 Å². The summed E-state index contributed by atoms with van der Waals surface area (Å²) in [5.74, 6) is -0.320. The Morgan fingerprint density at radius 1 is 1.25 bits per heavy atom. The second-order valence-electron chi connectivity index (χ2n) is 4.72. The van der Waals surface area contributed by atoms with Crippen molar-refractivity contribution in [3.05, 3.63) is 64.2 Å². The van der Waals surface area contributed by atoms with Gasteiger partial charge in [0.05, 0.1) is 5.56 Å². The maximum absolute atomic E-state index is 12.0. The molecule has 0 amide bonds. The Balaban J connectivity index is 1.69. The molecular formula is C16H14ClNO2. The van der Waals surface area contributed by atoms with E-state index < -0.39 is 0 Å². The van der Waals surface area contributed by atoms with Gasteiger partial charge in [-0.2, -0.15) is 0 Å². The maximum atomic E-state index is 12.0. The number of rotatable bonds is 3. The molecule has 3 nitrogen and oxygen atoms in total. The smallest absolute Gasteiger partial charge is 0.338 e. The van der Waals surface area contributed by atoms with Crippen LogP contribution in [0.15, 0.2) is 42.5 Å². The zero-order chi connectivity index (χ0) is 13.9. The topological polar surface area (TPSA) is 38.3 Å². The summed E-state index contributed by atoms with van der Waals surface area (Å²) in [7, 11) is 0. The lowest BCUT2D eigenvalue weighted by Gasteiger charge is -2.07. The second kappa shape index (κ2) is 5.55. The molecule has 4 heteroatoms. The lowest BCUT2D eigenvalue weighted by atomic mass is 10.1. The number of benzene rings is 2. The van der Waals surface area contributed by atoms with Gasteiger partial charge in [0.2, 0.25) is 0 Å². The minimum atomic E-state index is -0.320. The van der Waals surface area contributed by atoms with Crippen molar-refractivity contribution < 1.29 is 9.53 Å². The quantitative estimate of drug-likeness (QED) is 0.876. The Morgan fingerprint density at radius 3 is 2.95 bits per heavy atom. The van der Waals surface area contributed by atoms with Crippen LogP contribution in [0, 0.1) is 0 Å². The molecule has 102 valence electrons. The Bertz CT molecular complexity index is 655. The van der Waals surface area contributed by atoms with E-state index in [-0.39, 0.29) is 12.6 Å². The van der Waals surface area contributed by atoms with Crippen LogP contribution in [0.3, 0.4) is 0 Å². The second-order valence-corrected chi connectivity index (χ2v) is 5.12. The van der Waals surface area contributed by atoms with E-state index in [1.54, 1.807) is 12.1 Å². The predicted octanol–water partition coefficient (Wildman–Crippen LogP) is 3.67. The first-order valence-electron chi connectivity index (χ1n) is 6.51. The molecule has 0 radical (unpaired) electrons. The van der Waals surface area contributed by atoms with Crippen LogP contribution >= 0.6 is 11.6 Å². The number of esters is 1. The Morgan fingerprint density at radius 2 is 2.10 bits per heavy atom. The van der Waals surface area contributed by atoms with Gasteiger partial charge >= 0.3 is 5.97 Å². The number of ether oxygens (including phenoxy) is 1. The average molecular weight is 288 g/mol. The van der Waals surface area contributed by atoms with E-state index in [0.29, 0.717) is 10.6 Å². The van der Waals surface area contributed by atoms with Crippen molar-refractivity contribution in [2.24, 2.45) is 0 Å². The van der Waals surface area contributed by atoms with Crippen molar-refractivity contribution in [3.8, 4) is 0 Å². The van der Waals surface area contributed by atoms with Crippen LogP contribution in [-0.4, -0.2) is 12.5 Å². The van der Waals surface area contributed by atoms with Gasteiger partial charge in [-0.25, -0.2) is 4.79 Å². The summed E-state index contributed by atoms with van der Waals surface area (Å²) < 4.78 is 5.31. The van der Waals surface area contributed by atoms with Gasteiger partial charge in [-0.05, 0) is 36.2 Å². The van der Waals surface area contributed by atoms with Gasteiger partial charge in [0, 0.05) is 22.8 Å². The third-order valence-corrected chi connectivity index (χ3v) is 3.74. The van der Waals surface area contributed by atoms with Crippen LogP contribution in [0.1, 0.15) is 21.5 Å². The van der Waals surface area contributed by atoms with E-state index in [0.717, 1.165) is 29.8 Å². The summed E-state index contributed by atoms with van der Waals surface area (Å²) in [5.41, 5.74) is 3.66. The summed E-state index contributed by atoms with van der Waals surface area (Å²) >= 11 is 6.03. The number of carbonyl (C=O) groups excluding carboxylic acids is 1. The van der Waals surface area contributed by atoms with Gasteiger partial charge in [0.15, 0.2) is 0 Å². The van der Waals surface area contributed by atoms with Crippen molar-refractivity contribution >= 4 is 23.3 Å². The Hall–Kier alpha value is -2.00.